The summed E-state index contributed by atoms with van der Waals surface area (Å²) in [7, 11) is 0. The molecule has 0 aliphatic heterocycles. The molecule has 0 aromatic heterocycles. The van der Waals surface area contributed by atoms with Crippen LogP contribution in [-0.2, 0) is 4.79 Å². The van der Waals surface area contributed by atoms with Crippen molar-refractivity contribution in [3.8, 4) is 11.5 Å². The van der Waals surface area contributed by atoms with E-state index in [1.54, 1.807) is 0 Å². The summed E-state index contributed by atoms with van der Waals surface area (Å²) in [5.74, 6) is -0.556. The maximum Gasteiger partial charge on any atom is 0.192 e. The minimum Gasteiger partial charge on any atom is -0.507 e. The summed E-state index contributed by atoms with van der Waals surface area (Å²) < 4.78 is 0. The Balaban J connectivity index is 2.00. The van der Waals surface area contributed by atoms with Crippen molar-refractivity contribution in [1.29, 1.82) is 0 Å². The predicted octanol–water partition coefficient (Wildman–Crippen LogP) is 5.68. The zero-order valence-electron chi connectivity index (χ0n) is 25.1. The molecular weight excluding hydrogens is 508 g/mol. The molecule has 1 aromatic rings. The number of ketones is 1. The van der Waals surface area contributed by atoms with E-state index in [1.165, 1.54) is 24.3 Å². The summed E-state index contributed by atoms with van der Waals surface area (Å²) in [5.41, 5.74) is 0.677. The van der Waals surface area contributed by atoms with Crippen molar-refractivity contribution < 1.29 is 30.3 Å². The monoisotopic (exact) mass is 554 g/mol. The number of hydrogen-bond acceptors (Lipinski definition) is 8. The van der Waals surface area contributed by atoms with Crippen LogP contribution in [0.5, 0.6) is 11.5 Å². The highest BCUT2D eigenvalue weighted by atomic mass is 16.3. The molecular formula is C32H46N2O6. The quantitative estimate of drug-likeness (QED) is 0.221. The number of carbonyl (C=O) groups excluding carboxylic acids is 1. The molecule has 0 bridgehead atoms. The third kappa shape index (κ3) is 6.66. The second kappa shape index (κ2) is 12.4. The Hall–Kier alpha value is -3.39. The lowest BCUT2D eigenvalue weighted by Crippen LogP contribution is -2.34. The Kier molecular flexibility index (Phi) is 9.67. The lowest BCUT2D eigenvalue weighted by Gasteiger charge is -2.34. The topological polar surface area (TPSA) is 125 Å². The first-order chi connectivity index (χ1) is 18.6. The van der Waals surface area contributed by atoms with Gasteiger partial charge in [-0.2, -0.15) is 0 Å². The van der Waals surface area contributed by atoms with Gasteiger partial charge < -0.3 is 35.3 Å². The van der Waals surface area contributed by atoms with Crippen molar-refractivity contribution in [3.63, 3.8) is 0 Å². The molecule has 40 heavy (non-hydrogen) atoms. The van der Waals surface area contributed by atoms with Gasteiger partial charge in [-0.1, -0.05) is 55.4 Å². The van der Waals surface area contributed by atoms with Crippen molar-refractivity contribution in [1.82, 2.24) is 4.90 Å². The van der Waals surface area contributed by atoms with E-state index in [-0.39, 0.29) is 39.5 Å². The van der Waals surface area contributed by atoms with Gasteiger partial charge in [-0.3, -0.25) is 4.79 Å². The van der Waals surface area contributed by atoms with E-state index < -0.39 is 17.6 Å². The number of anilines is 1. The smallest absolute Gasteiger partial charge is 0.192 e. The van der Waals surface area contributed by atoms with Crippen LogP contribution in [0, 0.1) is 23.7 Å². The maximum atomic E-state index is 13.2. The van der Waals surface area contributed by atoms with E-state index in [2.05, 4.69) is 60.3 Å². The summed E-state index contributed by atoms with van der Waals surface area (Å²) in [6.07, 6.45) is 1.40. The number of phenolic OH excluding ortho intramolecular Hbond substituents is 2. The zero-order chi connectivity index (χ0) is 30.0. The fourth-order valence-corrected chi connectivity index (χ4v) is 5.41. The number of aliphatic hydroxyl groups excluding tert-OH is 3. The third-order valence-corrected chi connectivity index (χ3v) is 6.82. The van der Waals surface area contributed by atoms with E-state index in [0.717, 1.165) is 13.1 Å². The van der Waals surface area contributed by atoms with Crippen LogP contribution >= 0.6 is 0 Å². The Labute approximate surface area is 238 Å². The van der Waals surface area contributed by atoms with Gasteiger partial charge in [0.2, 0.25) is 0 Å². The van der Waals surface area contributed by atoms with Crippen molar-refractivity contribution in [2.24, 2.45) is 23.7 Å². The van der Waals surface area contributed by atoms with Crippen LogP contribution < -0.4 is 4.90 Å². The lowest BCUT2D eigenvalue weighted by atomic mass is 9.76. The number of aromatic hydroxyl groups is 2. The summed E-state index contributed by atoms with van der Waals surface area (Å²) in [6.45, 7) is 19.5. The molecule has 2 aliphatic carbocycles. The zero-order valence-corrected chi connectivity index (χ0v) is 25.1. The van der Waals surface area contributed by atoms with Crippen LogP contribution in [0.1, 0.15) is 61.0 Å². The first kappa shape index (κ1) is 31.1. The SMILES string of the molecule is CC(C)CN(CC(C)C)C1=CC(=O)C(=C2C(O)=C(c3c(O)cc(N(CC(C)C)CC(C)C)cc3O)C2O)C(O)=C1. The lowest BCUT2D eigenvalue weighted by molar-refractivity contribution is -0.111. The van der Waals surface area contributed by atoms with Crippen molar-refractivity contribution in [2.75, 3.05) is 31.1 Å². The molecule has 0 spiro atoms. The second-order valence-electron chi connectivity index (χ2n) is 12.7. The van der Waals surface area contributed by atoms with Crippen LogP contribution in [-0.4, -0.2) is 68.5 Å². The van der Waals surface area contributed by atoms with E-state index in [4.69, 9.17) is 0 Å². The highest BCUT2D eigenvalue weighted by Gasteiger charge is 2.42. The van der Waals surface area contributed by atoms with Crippen molar-refractivity contribution >= 4 is 17.0 Å². The van der Waals surface area contributed by atoms with Crippen LogP contribution in [0.4, 0.5) is 5.69 Å². The Morgan fingerprint density at radius 1 is 0.700 bits per heavy atom. The standard InChI is InChI=1S/C32H46N2O6/c1-17(2)13-33(14-18(3)4)21-9-23(35)27(24(36)10-21)29-31(39)30(32(29)40)28-25(37)11-22(12-26(28)38)34(15-19(5)6)16-20(7)8/h9-12,17-20,31,35-37,39-40H,13-16H2,1-8H3. The van der Waals surface area contributed by atoms with Gasteiger partial charge in [0.05, 0.1) is 11.1 Å². The molecule has 1 atom stereocenters. The number of allylic oxidation sites excluding steroid dienone is 3. The molecule has 1 aromatic carbocycles. The third-order valence-electron chi connectivity index (χ3n) is 6.82. The highest BCUT2D eigenvalue weighted by Crippen LogP contribution is 2.49. The van der Waals surface area contributed by atoms with Crippen LogP contribution in [0.25, 0.3) is 5.57 Å². The number of hydrogen-bond donors (Lipinski definition) is 5. The molecule has 0 heterocycles. The molecule has 0 radical (unpaired) electrons. The highest BCUT2D eigenvalue weighted by molar-refractivity contribution is 6.11. The Bertz CT molecular complexity index is 1210. The summed E-state index contributed by atoms with van der Waals surface area (Å²) in [6, 6.07) is 3.02. The van der Waals surface area contributed by atoms with Gasteiger partial charge in [-0.05, 0) is 23.7 Å². The van der Waals surface area contributed by atoms with Gasteiger partial charge in [0.1, 0.15) is 29.1 Å². The Morgan fingerprint density at radius 3 is 1.55 bits per heavy atom. The van der Waals surface area contributed by atoms with E-state index in [9.17, 15) is 30.3 Å². The molecule has 0 fully saturated rings. The number of phenols is 2. The van der Waals surface area contributed by atoms with Gasteiger partial charge in [-0.15, -0.1) is 0 Å². The summed E-state index contributed by atoms with van der Waals surface area (Å²) in [4.78, 5) is 17.3. The summed E-state index contributed by atoms with van der Waals surface area (Å²) >= 11 is 0. The molecule has 1 unspecified atom stereocenters. The number of rotatable bonds is 11. The number of carbonyl (C=O) groups is 1. The first-order valence-corrected chi connectivity index (χ1v) is 14.2. The van der Waals surface area contributed by atoms with Gasteiger partial charge in [0, 0.05) is 73.0 Å². The molecule has 0 amide bonds. The van der Waals surface area contributed by atoms with Crippen molar-refractivity contribution in [3.05, 3.63) is 58.2 Å². The molecule has 8 heteroatoms. The van der Waals surface area contributed by atoms with Crippen LogP contribution in [0.2, 0.25) is 0 Å². The first-order valence-electron chi connectivity index (χ1n) is 14.2. The minimum atomic E-state index is -1.49. The number of aliphatic hydroxyl groups is 3. The fraction of sp³-hybridized carbons (Fsp3) is 0.531. The number of benzene rings is 1. The normalized spacial score (nSPS) is 19.5. The van der Waals surface area contributed by atoms with Gasteiger partial charge >= 0.3 is 0 Å². The molecule has 3 rings (SSSR count). The van der Waals surface area contributed by atoms with E-state index >= 15 is 0 Å². The van der Waals surface area contributed by atoms with Crippen molar-refractivity contribution in [2.45, 2.75) is 61.5 Å². The Morgan fingerprint density at radius 2 is 1.15 bits per heavy atom. The minimum absolute atomic E-state index is 0.0973. The molecule has 220 valence electrons. The average Bonchev–Trinajstić information content (AvgIpc) is 2.81. The van der Waals surface area contributed by atoms with Crippen LogP contribution in [0.15, 0.2) is 52.6 Å². The van der Waals surface area contributed by atoms with E-state index in [0.29, 0.717) is 48.1 Å². The van der Waals surface area contributed by atoms with Gasteiger partial charge in [0.15, 0.2) is 5.78 Å². The molecule has 2 aliphatic rings. The molecule has 0 saturated heterocycles. The fourth-order valence-electron chi connectivity index (χ4n) is 5.41. The van der Waals surface area contributed by atoms with Gasteiger partial charge in [0.25, 0.3) is 0 Å². The maximum absolute atomic E-state index is 13.2. The van der Waals surface area contributed by atoms with Gasteiger partial charge in [-0.25, -0.2) is 0 Å². The predicted molar refractivity (Wildman–Crippen MR) is 159 cm³/mol. The van der Waals surface area contributed by atoms with Crippen LogP contribution in [0.3, 0.4) is 0 Å². The molecule has 5 N–H and O–H groups in total. The number of nitrogens with zero attached hydrogens (tertiary/aromatic N) is 2. The second-order valence-corrected chi connectivity index (χ2v) is 12.7. The molecule has 8 nitrogen and oxygen atoms in total. The summed E-state index contributed by atoms with van der Waals surface area (Å²) in [5, 5.41) is 54.7. The largest absolute Gasteiger partial charge is 0.507 e. The average molecular weight is 555 g/mol. The van der Waals surface area contributed by atoms with E-state index in [1.807, 2.05) is 4.90 Å². The molecule has 0 saturated carbocycles.